The van der Waals surface area contributed by atoms with E-state index in [-0.39, 0.29) is 23.6 Å². The molecule has 1 heterocycles. The molecule has 3 N–H and O–H groups in total. The summed E-state index contributed by atoms with van der Waals surface area (Å²) >= 11 is 0. The van der Waals surface area contributed by atoms with E-state index in [1.54, 1.807) is 24.3 Å². The molecule has 0 radical (unpaired) electrons. The Balaban J connectivity index is 1.58. The molecular formula is C20H22FN3O3. The van der Waals surface area contributed by atoms with Crippen LogP contribution in [-0.4, -0.2) is 37.1 Å². The molecule has 0 aliphatic carbocycles. The van der Waals surface area contributed by atoms with Crippen LogP contribution in [-0.2, 0) is 16.1 Å². The minimum Gasteiger partial charge on any atom is -0.375 e. The summed E-state index contributed by atoms with van der Waals surface area (Å²) in [6.45, 7) is 3.43. The monoisotopic (exact) mass is 371 g/mol. The second-order valence-electron chi connectivity index (χ2n) is 6.39. The molecular weight excluding hydrogens is 349 g/mol. The molecule has 0 bridgehead atoms. The summed E-state index contributed by atoms with van der Waals surface area (Å²) in [7, 11) is 0. The Kier molecular flexibility index (Phi) is 6.16. The molecule has 0 aromatic heterocycles. The van der Waals surface area contributed by atoms with Crippen LogP contribution in [0.2, 0.25) is 0 Å². The Morgan fingerprint density at radius 1 is 1.22 bits per heavy atom. The third-order valence-electron chi connectivity index (χ3n) is 4.34. The van der Waals surface area contributed by atoms with E-state index in [1.807, 2.05) is 13.0 Å². The van der Waals surface area contributed by atoms with Gasteiger partial charge in [0.2, 0.25) is 5.91 Å². The summed E-state index contributed by atoms with van der Waals surface area (Å²) in [6.07, 6.45) is -0.185. The zero-order valence-corrected chi connectivity index (χ0v) is 15.0. The van der Waals surface area contributed by atoms with Gasteiger partial charge in [0.15, 0.2) is 0 Å². The molecule has 1 fully saturated rings. The number of hydrogen-bond donors (Lipinski definition) is 3. The fourth-order valence-electron chi connectivity index (χ4n) is 2.92. The van der Waals surface area contributed by atoms with Crippen LogP contribution >= 0.6 is 0 Å². The van der Waals surface area contributed by atoms with Gasteiger partial charge in [-0.25, -0.2) is 4.39 Å². The number of anilines is 1. The standard InChI is InChI=1S/C20H22FN3O3/c1-13-18(22-8-9-27-13)20(26)23-12-14-4-2-7-17(10-14)24-19(25)15-5-3-6-16(21)11-15/h2-7,10-11,13,18,22H,8-9,12H2,1H3,(H,23,26)(H,24,25)/t13-,18+/m1/s1. The first-order valence-corrected chi connectivity index (χ1v) is 8.81. The highest BCUT2D eigenvalue weighted by Crippen LogP contribution is 2.13. The minimum absolute atomic E-state index is 0.128. The van der Waals surface area contributed by atoms with Gasteiger partial charge in [-0.05, 0) is 42.8 Å². The van der Waals surface area contributed by atoms with E-state index in [1.165, 1.54) is 18.2 Å². The highest BCUT2D eigenvalue weighted by Gasteiger charge is 2.27. The summed E-state index contributed by atoms with van der Waals surface area (Å²) in [5, 5.41) is 8.75. The first-order chi connectivity index (χ1) is 13.0. The van der Waals surface area contributed by atoms with Crippen LogP contribution in [0.3, 0.4) is 0 Å². The lowest BCUT2D eigenvalue weighted by atomic mass is 10.1. The van der Waals surface area contributed by atoms with E-state index >= 15 is 0 Å². The fourth-order valence-corrected chi connectivity index (χ4v) is 2.92. The number of rotatable bonds is 5. The van der Waals surface area contributed by atoms with E-state index in [0.29, 0.717) is 25.4 Å². The number of halogens is 1. The van der Waals surface area contributed by atoms with Gasteiger partial charge in [-0.15, -0.1) is 0 Å². The molecule has 2 aromatic carbocycles. The Bertz CT molecular complexity index is 828. The zero-order chi connectivity index (χ0) is 19.2. The van der Waals surface area contributed by atoms with E-state index in [9.17, 15) is 14.0 Å². The van der Waals surface area contributed by atoms with Crippen molar-refractivity contribution in [2.45, 2.75) is 25.6 Å². The van der Waals surface area contributed by atoms with Gasteiger partial charge >= 0.3 is 0 Å². The number of carbonyl (C=O) groups is 2. The van der Waals surface area contributed by atoms with Gasteiger partial charge in [0.25, 0.3) is 5.91 Å². The molecule has 3 rings (SSSR count). The fraction of sp³-hybridized carbons (Fsp3) is 0.300. The predicted molar refractivity (Wildman–Crippen MR) is 99.8 cm³/mol. The molecule has 1 aliphatic rings. The Morgan fingerprint density at radius 3 is 2.81 bits per heavy atom. The van der Waals surface area contributed by atoms with Gasteiger partial charge in [0.1, 0.15) is 11.9 Å². The maximum atomic E-state index is 13.3. The van der Waals surface area contributed by atoms with Crippen LogP contribution in [0.4, 0.5) is 10.1 Å². The number of hydrogen-bond acceptors (Lipinski definition) is 4. The minimum atomic E-state index is -0.464. The Morgan fingerprint density at radius 2 is 2.04 bits per heavy atom. The average Bonchev–Trinajstić information content (AvgIpc) is 2.67. The summed E-state index contributed by atoms with van der Waals surface area (Å²) in [5.41, 5.74) is 1.65. The maximum Gasteiger partial charge on any atom is 0.255 e. The van der Waals surface area contributed by atoms with Crippen LogP contribution < -0.4 is 16.0 Å². The van der Waals surface area contributed by atoms with Crippen LogP contribution in [0.15, 0.2) is 48.5 Å². The quantitative estimate of drug-likeness (QED) is 0.752. The van der Waals surface area contributed by atoms with Crippen molar-refractivity contribution >= 4 is 17.5 Å². The van der Waals surface area contributed by atoms with Crippen molar-refractivity contribution in [3.05, 3.63) is 65.5 Å². The van der Waals surface area contributed by atoms with Gasteiger partial charge in [0.05, 0.1) is 12.7 Å². The van der Waals surface area contributed by atoms with Gasteiger partial charge in [0, 0.05) is 24.3 Å². The summed E-state index contributed by atoms with van der Waals surface area (Å²) < 4.78 is 18.7. The molecule has 0 saturated carbocycles. The predicted octanol–water partition coefficient (Wildman–Crippen LogP) is 2.07. The molecule has 2 amide bonds. The molecule has 0 spiro atoms. The van der Waals surface area contributed by atoms with E-state index in [2.05, 4.69) is 16.0 Å². The summed E-state index contributed by atoms with van der Waals surface area (Å²) in [5.74, 6) is -0.988. The normalized spacial score (nSPS) is 19.3. The number of nitrogens with one attached hydrogen (secondary N) is 3. The lowest BCUT2D eigenvalue weighted by molar-refractivity contribution is -0.129. The van der Waals surface area contributed by atoms with Crippen molar-refractivity contribution in [3.63, 3.8) is 0 Å². The van der Waals surface area contributed by atoms with Gasteiger partial charge in [-0.3, -0.25) is 9.59 Å². The van der Waals surface area contributed by atoms with E-state index in [4.69, 9.17) is 4.74 Å². The molecule has 2 atom stereocenters. The third kappa shape index (κ3) is 5.12. The topological polar surface area (TPSA) is 79.5 Å². The van der Waals surface area contributed by atoms with Crippen LogP contribution in [0.1, 0.15) is 22.8 Å². The molecule has 0 unspecified atom stereocenters. The van der Waals surface area contributed by atoms with Crippen molar-refractivity contribution in [3.8, 4) is 0 Å². The molecule has 27 heavy (non-hydrogen) atoms. The first-order valence-electron chi connectivity index (χ1n) is 8.81. The lowest BCUT2D eigenvalue weighted by Gasteiger charge is -2.29. The molecule has 1 aliphatic heterocycles. The van der Waals surface area contributed by atoms with Gasteiger partial charge in [-0.1, -0.05) is 18.2 Å². The number of carbonyl (C=O) groups excluding carboxylic acids is 2. The average molecular weight is 371 g/mol. The second-order valence-corrected chi connectivity index (χ2v) is 6.39. The highest BCUT2D eigenvalue weighted by molar-refractivity contribution is 6.04. The van der Waals surface area contributed by atoms with E-state index < -0.39 is 11.7 Å². The maximum absolute atomic E-state index is 13.3. The van der Waals surface area contributed by atoms with Crippen LogP contribution in [0.5, 0.6) is 0 Å². The molecule has 142 valence electrons. The number of morpholine rings is 1. The smallest absolute Gasteiger partial charge is 0.255 e. The van der Waals surface area contributed by atoms with Crippen LogP contribution in [0.25, 0.3) is 0 Å². The second kappa shape index (κ2) is 8.75. The van der Waals surface area contributed by atoms with Crippen molar-refractivity contribution in [1.29, 1.82) is 0 Å². The number of amides is 2. The van der Waals surface area contributed by atoms with E-state index in [0.717, 1.165) is 5.56 Å². The van der Waals surface area contributed by atoms with Crippen molar-refractivity contribution < 1.29 is 18.7 Å². The van der Waals surface area contributed by atoms with Crippen molar-refractivity contribution in [1.82, 2.24) is 10.6 Å². The Labute approximate surface area is 157 Å². The summed E-state index contributed by atoms with van der Waals surface area (Å²) in [4.78, 5) is 24.5. The number of benzene rings is 2. The molecule has 7 heteroatoms. The number of ether oxygens (including phenoxy) is 1. The van der Waals surface area contributed by atoms with Gasteiger partial charge < -0.3 is 20.7 Å². The zero-order valence-electron chi connectivity index (χ0n) is 15.0. The SMILES string of the molecule is C[C@H]1OCCN[C@@H]1C(=O)NCc1cccc(NC(=O)c2cccc(F)c2)c1. The Hall–Kier alpha value is -2.77. The van der Waals surface area contributed by atoms with Crippen LogP contribution in [0, 0.1) is 5.82 Å². The lowest BCUT2D eigenvalue weighted by Crippen LogP contribution is -2.55. The van der Waals surface area contributed by atoms with Crippen molar-refractivity contribution in [2.24, 2.45) is 0 Å². The van der Waals surface area contributed by atoms with Crippen molar-refractivity contribution in [2.75, 3.05) is 18.5 Å². The third-order valence-corrected chi connectivity index (χ3v) is 4.34. The largest absolute Gasteiger partial charge is 0.375 e. The molecule has 2 aromatic rings. The molecule has 1 saturated heterocycles. The highest BCUT2D eigenvalue weighted by atomic mass is 19.1. The van der Waals surface area contributed by atoms with Gasteiger partial charge in [-0.2, -0.15) is 0 Å². The molecule has 6 nitrogen and oxygen atoms in total. The first kappa shape index (κ1) is 19.0. The summed E-state index contributed by atoms with van der Waals surface area (Å²) in [6, 6.07) is 12.3.